The highest BCUT2D eigenvalue weighted by atomic mass is 32.1. The van der Waals surface area contributed by atoms with Crippen molar-refractivity contribution in [2.75, 3.05) is 27.2 Å². The highest BCUT2D eigenvalue weighted by molar-refractivity contribution is 7.09. The van der Waals surface area contributed by atoms with Crippen LogP contribution in [0.25, 0.3) is 0 Å². The molecule has 7 nitrogen and oxygen atoms in total. The van der Waals surface area contributed by atoms with Crippen LogP contribution in [0.1, 0.15) is 34.7 Å². The van der Waals surface area contributed by atoms with Crippen molar-refractivity contribution < 1.29 is 4.79 Å². The highest BCUT2D eigenvalue weighted by Gasteiger charge is 2.23. The summed E-state index contributed by atoms with van der Waals surface area (Å²) in [6, 6.07) is 8.57. The number of nitrogens with two attached hydrogens (primary N) is 1. The molecule has 2 heterocycles. The zero-order valence-electron chi connectivity index (χ0n) is 18.1. The summed E-state index contributed by atoms with van der Waals surface area (Å²) in [7, 11) is 3.82. The second kappa shape index (κ2) is 10.5. The molecule has 1 amide bonds. The van der Waals surface area contributed by atoms with Crippen LogP contribution < -0.4 is 11.1 Å². The molecule has 0 aliphatic carbocycles. The molecule has 162 valence electrons. The van der Waals surface area contributed by atoms with Gasteiger partial charge in [-0.15, -0.1) is 11.3 Å². The van der Waals surface area contributed by atoms with Crippen molar-refractivity contribution in [1.82, 2.24) is 20.1 Å². The average molecular weight is 429 g/mol. The number of amides is 1. The lowest BCUT2D eigenvalue weighted by atomic mass is 9.97. The van der Waals surface area contributed by atoms with E-state index in [9.17, 15) is 4.79 Å². The Bertz CT molecular complexity index is 880. The Balaban J connectivity index is 1.54. The third-order valence-electron chi connectivity index (χ3n) is 5.40. The van der Waals surface area contributed by atoms with Gasteiger partial charge in [-0.3, -0.25) is 14.7 Å². The Morgan fingerprint density at radius 1 is 1.43 bits per heavy atom. The number of guanidine groups is 1. The molecule has 1 aliphatic rings. The molecule has 0 radical (unpaired) electrons. The minimum atomic E-state index is -0.180. The third-order valence-corrected chi connectivity index (χ3v) is 6.22. The number of aryl methyl sites for hydroxylation is 1. The van der Waals surface area contributed by atoms with Crippen molar-refractivity contribution in [3.8, 4) is 0 Å². The number of nitrogens with zero attached hydrogens (tertiary/aromatic N) is 4. The fourth-order valence-electron chi connectivity index (χ4n) is 3.89. The van der Waals surface area contributed by atoms with Gasteiger partial charge in [0.25, 0.3) is 0 Å². The number of rotatable bonds is 7. The molecule has 2 aromatic rings. The molecule has 3 rings (SSSR count). The van der Waals surface area contributed by atoms with Gasteiger partial charge in [0.15, 0.2) is 5.96 Å². The van der Waals surface area contributed by atoms with E-state index in [-0.39, 0.29) is 11.8 Å². The Morgan fingerprint density at radius 2 is 2.23 bits per heavy atom. The molecule has 1 saturated heterocycles. The zero-order valence-corrected chi connectivity index (χ0v) is 18.9. The van der Waals surface area contributed by atoms with E-state index in [1.807, 2.05) is 14.0 Å². The molecular formula is C22H32N6OS. The molecule has 1 atom stereocenters. The molecule has 3 N–H and O–H groups in total. The van der Waals surface area contributed by atoms with Crippen LogP contribution in [-0.2, 0) is 24.4 Å². The number of carbonyl (C=O) groups excluding carboxylic acids is 1. The first kappa shape index (κ1) is 22.2. The van der Waals surface area contributed by atoms with Crippen LogP contribution in [0.2, 0.25) is 0 Å². The maximum absolute atomic E-state index is 11.5. The minimum absolute atomic E-state index is 0.0241. The van der Waals surface area contributed by atoms with Crippen LogP contribution in [0.15, 0.2) is 34.6 Å². The van der Waals surface area contributed by atoms with Crippen molar-refractivity contribution in [2.45, 2.75) is 39.4 Å². The number of primary amides is 1. The monoisotopic (exact) mass is 428 g/mol. The first-order valence-electron chi connectivity index (χ1n) is 10.4. The van der Waals surface area contributed by atoms with Crippen molar-refractivity contribution in [1.29, 1.82) is 0 Å². The van der Waals surface area contributed by atoms with E-state index in [1.54, 1.807) is 18.4 Å². The predicted octanol–water partition coefficient (Wildman–Crippen LogP) is 2.36. The maximum Gasteiger partial charge on any atom is 0.221 e. The molecule has 0 spiro atoms. The summed E-state index contributed by atoms with van der Waals surface area (Å²) >= 11 is 1.67. The third kappa shape index (κ3) is 6.27. The fourth-order valence-corrected chi connectivity index (χ4v) is 4.50. The van der Waals surface area contributed by atoms with Crippen LogP contribution in [0.5, 0.6) is 0 Å². The van der Waals surface area contributed by atoms with Gasteiger partial charge in [0, 0.05) is 39.1 Å². The lowest BCUT2D eigenvalue weighted by Gasteiger charge is -2.31. The van der Waals surface area contributed by atoms with Crippen molar-refractivity contribution in [3.05, 3.63) is 51.5 Å². The molecule has 1 fully saturated rings. The highest BCUT2D eigenvalue weighted by Crippen LogP contribution is 2.19. The second-order valence-corrected chi connectivity index (χ2v) is 8.97. The summed E-state index contributed by atoms with van der Waals surface area (Å²) in [6.07, 6.45) is 1.93. The van der Waals surface area contributed by atoms with Crippen molar-refractivity contribution in [3.63, 3.8) is 0 Å². The normalized spacial score (nSPS) is 17.7. The van der Waals surface area contributed by atoms with Gasteiger partial charge in [-0.1, -0.05) is 24.3 Å². The summed E-state index contributed by atoms with van der Waals surface area (Å²) in [5.74, 6) is 0.635. The number of nitrogens with one attached hydrogen (secondary N) is 1. The number of thiazole rings is 1. The molecule has 0 bridgehead atoms. The first-order valence-corrected chi connectivity index (χ1v) is 11.2. The Labute approximate surface area is 183 Å². The van der Waals surface area contributed by atoms with Gasteiger partial charge < -0.3 is 16.0 Å². The van der Waals surface area contributed by atoms with Gasteiger partial charge in [0.05, 0.1) is 23.2 Å². The summed E-state index contributed by atoms with van der Waals surface area (Å²) < 4.78 is 0. The number of piperidine rings is 1. The van der Waals surface area contributed by atoms with Gasteiger partial charge in [-0.2, -0.15) is 0 Å². The number of aromatic nitrogens is 1. The molecule has 1 aliphatic heterocycles. The first-order chi connectivity index (χ1) is 14.4. The summed E-state index contributed by atoms with van der Waals surface area (Å²) in [5.41, 5.74) is 9.02. The molecule has 0 saturated carbocycles. The number of aliphatic imine (C=N–C) groups is 1. The summed E-state index contributed by atoms with van der Waals surface area (Å²) in [5, 5.41) is 6.61. The quantitative estimate of drug-likeness (QED) is 0.522. The standard InChI is InChI=1S/C22H32N6OS/c1-16-26-20(15-30-16)14-27(3)22(24-2)25-11-17-6-4-7-18(10-17)12-28-9-5-8-19(13-28)21(23)29/h4,6-7,10,15,19H,5,8-9,11-14H2,1-3H3,(H2,23,29)(H,24,25). The van der Waals surface area contributed by atoms with Gasteiger partial charge in [-0.25, -0.2) is 4.98 Å². The number of hydrogen-bond acceptors (Lipinski definition) is 5. The van der Waals surface area contributed by atoms with Crippen LogP contribution in [0.4, 0.5) is 0 Å². The SMILES string of the molecule is CN=C(NCc1cccc(CN2CCCC(C(N)=O)C2)c1)N(C)Cc1csc(C)n1. The Kier molecular flexibility index (Phi) is 7.81. The van der Waals surface area contributed by atoms with Crippen LogP contribution in [-0.4, -0.2) is 53.8 Å². The number of benzene rings is 1. The molecule has 1 aromatic carbocycles. The Hall–Kier alpha value is -2.45. The van der Waals surface area contributed by atoms with E-state index >= 15 is 0 Å². The van der Waals surface area contributed by atoms with E-state index in [4.69, 9.17) is 5.73 Å². The van der Waals surface area contributed by atoms with Gasteiger partial charge in [0.2, 0.25) is 5.91 Å². The minimum Gasteiger partial charge on any atom is -0.369 e. The predicted molar refractivity (Wildman–Crippen MR) is 122 cm³/mol. The van der Waals surface area contributed by atoms with Crippen LogP contribution >= 0.6 is 11.3 Å². The average Bonchev–Trinajstić information content (AvgIpc) is 3.13. The van der Waals surface area contributed by atoms with E-state index in [2.05, 4.69) is 54.7 Å². The lowest BCUT2D eigenvalue weighted by Crippen LogP contribution is -2.40. The van der Waals surface area contributed by atoms with Crippen molar-refractivity contribution >= 4 is 23.2 Å². The smallest absolute Gasteiger partial charge is 0.221 e. The number of likely N-dealkylation sites (tertiary alicyclic amines) is 1. The summed E-state index contributed by atoms with van der Waals surface area (Å²) in [4.78, 5) is 24.9. The van der Waals surface area contributed by atoms with Crippen molar-refractivity contribution in [2.24, 2.45) is 16.6 Å². The largest absolute Gasteiger partial charge is 0.369 e. The molecular weight excluding hydrogens is 396 g/mol. The number of carbonyl (C=O) groups is 1. The second-order valence-electron chi connectivity index (χ2n) is 7.91. The summed E-state index contributed by atoms with van der Waals surface area (Å²) in [6.45, 7) is 6.05. The van der Waals surface area contributed by atoms with E-state index in [0.717, 1.165) is 55.7 Å². The molecule has 8 heteroatoms. The van der Waals surface area contributed by atoms with Crippen LogP contribution in [0, 0.1) is 12.8 Å². The van der Waals surface area contributed by atoms with Crippen LogP contribution in [0.3, 0.4) is 0 Å². The van der Waals surface area contributed by atoms with Gasteiger partial charge in [0.1, 0.15) is 0 Å². The lowest BCUT2D eigenvalue weighted by molar-refractivity contribution is -0.123. The number of hydrogen-bond donors (Lipinski definition) is 2. The molecule has 30 heavy (non-hydrogen) atoms. The van der Waals surface area contributed by atoms with E-state index in [1.165, 1.54) is 11.1 Å². The maximum atomic E-state index is 11.5. The topological polar surface area (TPSA) is 86.8 Å². The van der Waals surface area contributed by atoms with Gasteiger partial charge in [-0.05, 0) is 37.4 Å². The molecule has 1 unspecified atom stereocenters. The van der Waals surface area contributed by atoms with E-state index < -0.39 is 0 Å². The van der Waals surface area contributed by atoms with Gasteiger partial charge >= 0.3 is 0 Å². The Morgan fingerprint density at radius 3 is 2.93 bits per heavy atom. The molecule has 1 aromatic heterocycles. The van der Waals surface area contributed by atoms with E-state index in [0.29, 0.717) is 6.54 Å². The fraction of sp³-hybridized carbons (Fsp3) is 0.500. The zero-order chi connectivity index (χ0) is 21.5.